The fraction of sp³-hybridized carbons (Fsp3) is 0.308. The molecule has 0 spiro atoms. The van der Waals surface area contributed by atoms with Gasteiger partial charge in [0.15, 0.2) is 0 Å². The molecule has 1 aromatic carbocycles. The lowest BCUT2D eigenvalue weighted by molar-refractivity contribution is -0.135. The van der Waals surface area contributed by atoms with Crippen LogP contribution in [0.25, 0.3) is 0 Å². The lowest BCUT2D eigenvalue weighted by atomic mass is 10.1. The van der Waals surface area contributed by atoms with E-state index in [4.69, 9.17) is 11.6 Å². The number of aryl methyl sites for hydroxylation is 2. The molecular weight excluding hydrogens is 238 g/mol. The fourth-order valence-corrected chi connectivity index (χ4v) is 1.81. The van der Waals surface area contributed by atoms with Gasteiger partial charge in [0, 0.05) is 18.9 Å². The maximum atomic E-state index is 11.2. The van der Waals surface area contributed by atoms with Crippen molar-refractivity contribution in [2.75, 3.05) is 19.1 Å². The van der Waals surface area contributed by atoms with E-state index in [9.17, 15) is 4.79 Å². The number of rotatable bonds is 3. The minimum atomic E-state index is -0.539. The topological polar surface area (TPSA) is 29.5 Å². The summed E-state index contributed by atoms with van der Waals surface area (Å²) in [5.74, 6) is -0.539. The van der Waals surface area contributed by atoms with Gasteiger partial charge in [0.1, 0.15) is 5.03 Å². The number of hydrogen-bond acceptors (Lipinski definition) is 3. The summed E-state index contributed by atoms with van der Waals surface area (Å²) >= 11 is 5.80. The molecule has 1 rings (SSSR count). The van der Waals surface area contributed by atoms with E-state index in [1.807, 2.05) is 33.0 Å². The Labute approximate surface area is 107 Å². The van der Waals surface area contributed by atoms with E-state index < -0.39 is 5.97 Å². The molecule has 4 heteroatoms. The van der Waals surface area contributed by atoms with Gasteiger partial charge in [-0.15, -0.1) is 0 Å². The molecule has 0 atom stereocenters. The molecule has 0 amide bonds. The van der Waals surface area contributed by atoms with Crippen molar-refractivity contribution in [2.24, 2.45) is 0 Å². The number of halogens is 1. The summed E-state index contributed by atoms with van der Waals surface area (Å²) in [7, 11) is 3.14. The van der Waals surface area contributed by atoms with Crippen molar-refractivity contribution < 1.29 is 9.53 Å². The van der Waals surface area contributed by atoms with Gasteiger partial charge in [0.2, 0.25) is 0 Å². The standard InChI is InChI=1S/C13H16ClNO2/c1-9-5-6-12(10(2)7-9)15(3)8-11(14)13(16)17-4/h5-8H,1-4H3/b11-8-. The Morgan fingerprint density at radius 3 is 2.59 bits per heavy atom. The van der Waals surface area contributed by atoms with Gasteiger partial charge in [-0.3, -0.25) is 0 Å². The van der Waals surface area contributed by atoms with E-state index in [1.165, 1.54) is 12.7 Å². The Morgan fingerprint density at radius 1 is 1.41 bits per heavy atom. The third-order valence-electron chi connectivity index (χ3n) is 2.42. The average Bonchev–Trinajstić information content (AvgIpc) is 2.27. The lowest BCUT2D eigenvalue weighted by Crippen LogP contribution is -2.12. The smallest absolute Gasteiger partial charge is 0.350 e. The van der Waals surface area contributed by atoms with Crippen LogP contribution in [0.15, 0.2) is 29.4 Å². The summed E-state index contributed by atoms with van der Waals surface area (Å²) in [6.07, 6.45) is 1.55. The molecule has 3 nitrogen and oxygen atoms in total. The minimum absolute atomic E-state index is 0.0509. The highest BCUT2D eigenvalue weighted by atomic mass is 35.5. The van der Waals surface area contributed by atoms with E-state index >= 15 is 0 Å². The van der Waals surface area contributed by atoms with Gasteiger partial charge in [-0.1, -0.05) is 29.3 Å². The molecule has 0 aliphatic heterocycles. The molecule has 1 aromatic rings. The molecule has 92 valence electrons. The molecule has 0 saturated heterocycles. The molecule has 0 saturated carbocycles. The first-order valence-corrected chi connectivity index (χ1v) is 5.59. The number of nitrogens with zero attached hydrogens (tertiary/aromatic N) is 1. The van der Waals surface area contributed by atoms with Crippen LogP contribution in [0.1, 0.15) is 11.1 Å². The summed E-state index contributed by atoms with van der Waals surface area (Å²) in [4.78, 5) is 13.0. The third kappa shape index (κ3) is 3.49. The highest BCUT2D eigenvalue weighted by molar-refractivity contribution is 6.41. The van der Waals surface area contributed by atoms with Gasteiger partial charge < -0.3 is 9.64 Å². The predicted molar refractivity (Wildman–Crippen MR) is 70.3 cm³/mol. The van der Waals surface area contributed by atoms with Crippen molar-refractivity contribution in [3.8, 4) is 0 Å². The van der Waals surface area contributed by atoms with Gasteiger partial charge in [-0.05, 0) is 25.5 Å². The number of methoxy groups -OCH3 is 1. The summed E-state index contributed by atoms with van der Waals surface area (Å²) in [6, 6.07) is 6.08. The summed E-state index contributed by atoms with van der Waals surface area (Å²) < 4.78 is 4.53. The Morgan fingerprint density at radius 2 is 2.06 bits per heavy atom. The van der Waals surface area contributed by atoms with E-state index in [0.29, 0.717) is 0 Å². The molecule has 0 aliphatic carbocycles. The SMILES string of the molecule is COC(=O)/C(Cl)=C/N(C)c1ccc(C)cc1C. The van der Waals surface area contributed by atoms with Crippen LogP contribution >= 0.6 is 11.6 Å². The second kappa shape index (κ2) is 5.73. The molecule has 0 N–H and O–H groups in total. The van der Waals surface area contributed by atoms with Crippen LogP contribution < -0.4 is 4.90 Å². The second-order valence-corrected chi connectivity index (χ2v) is 4.28. The van der Waals surface area contributed by atoms with Crippen LogP contribution in [0, 0.1) is 13.8 Å². The first-order valence-electron chi connectivity index (χ1n) is 5.21. The van der Waals surface area contributed by atoms with Crippen LogP contribution in [-0.4, -0.2) is 20.1 Å². The number of carbonyl (C=O) groups is 1. The van der Waals surface area contributed by atoms with Crippen LogP contribution in [0.3, 0.4) is 0 Å². The van der Waals surface area contributed by atoms with Crippen molar-refractivity contribution in [1.82, 2.24) is 0 Å². The molecular formula is C13H16ClNO2. The van der Waals surface area contributed by atoms with Crippen molar-refractivity contribution in [3.05, 3.63) is 40.6 Å². The van der Waals surface area contributed by atoms with Gasteiger partial charge in [0.25, 0.3) is 0 Å². The first kappa shape index (κ1) is 13.6. The molecule has 0 unspecified atom stereocenters. The van der Waals surface area contributed by atoms with Crippen LogP contribution in [0.2, 0.25) is 0 Å². The fourth-order valence-electron chi connectivity index (χ4n) is 1.59. The van der Waals surface area contributed by atoms with E-state index in [0.717, 1.165) is 11.3 Å². The molecule has 17 heavy (non-hydrogen) atoms. The maximum absolute atomic E-state index is 11.2. The Hall–Kier alpha value is -1.48. The predicted octanol–water partition coefficient (Wildman–Crippen LogP) is 2.99. The number of benzene rings is 1. The highest BCUT2D eigenvalue weighted by Gasteiger charge is 2.09. The van der Waals surface area contributed by atoms with Crippen molar-refractivity contribution in [2.45, 2.75) is 13.8 Å². The summed E-state index contributed by atoms with van der Waals surface area (Å²) in [5.41, 5.74) is 3.32. The minimum Gasteiger partial charge on any atom is -0.465 e. The summed E-state index contributed by atoms with van der Waals surface area (Å²) in [6.45, 7) is 4.05. The number of anilines is 1. The molecule has 0 bridgehead atoms. The largest absolute Gasteiger partial charge is 0.465 e. The molecule has 0 radical (unpaired) electrons. The zero-order valence-corrected chi connectivity index (χ0v) is 11.2. The van der Waals surface area contributed by atoms with Crippen molar-refractivity contribution in [1.29, 1.82) is 0 Å². The summed E-state index contributed by atoms with van der Waals surface area (Å²) in [5, 5.41) is 0.0509. The monoisotopic (exact) mass is 253 g/mol. The van der Waals surface area contributed by atoms with Crippen molar-refractivity contribution >= 4 is 23.3 Å². The second-order valence-electron chi connectivity index (χ2n) is 3.87. The van der Waals surface area contributed by atoms with E-state index in [-0.39, 0.29) is 5.03 Å². The third-order valence-corrected chi connectivity index (χ3v) is 2.67. The zero-order valence-electron chi connectivity index (χ0n) is 10.5. The Balaban J connectivity index is 2.97. The number of ether oxygens (including phenoxy) is 1. The first-order chi connectivity index (χ1) is 7.95. The molecule has 0 fully saturated rings. The number of esters is 1. The molecule has 0 aliphatic rings. The van der Waals surface area contributed by atoms with Gasteiger partial charge in [-0.25, -0.2) is 4.79 Å². The van der Waals surface area contributed by atoms with E-state index in [1.54, 1.807) is 11.1 Å². The lowest BCUT2D eigenvalue weighted by Gasteiger charge is -2.17. The number of hydrogen-bond donors (Lipinski definition) is 0. The zero-order chi connectivity index (χ0) is 13.0. The van der Waals surface area contributed by atoms with Crippen LogP contribution in [-0.2, 0) is 9.53 Å². The highest BCUT2D eigenvalue weighted by Crippen LogP contribution is 2.21. The van der Waals surface area contributed by atoms with Crippen LogP contribution in [0.4, 0.5) is 5.69 Å². The quantitative estimate of drug-likeness (QED) is 0.613. The normalized spacial score (nSPS) is 11.2. The maximum Gasteiger partial charge on any atom is 0.350 e. The molecule has 0 aromatic heterocycles. The molecule has 0 heterocycles. The van der Waals surface area contributed by atoms with Crippen molar-refractivity contribution in [3.63, 3.8) is 0 Å². The number of carbonyl (C=O) groups excluding carboxylic acids is 1. The van der Waals surface area contributed by atoms with Crippen LogP contribution in [0.5, 0.6) is 0 Å². The van der Waals surface area contributed by atoms with Gasteiger partial charge in [0.05, 0.1) is 7.11 Å². The Bertz CT molecular complexity index is 455. The van der Waals surface area contributed by atoms with Gasteiger partial charge in [-0.2, -0.15) is 0 Å². The van der Waals surface area contributed by atoms with Gasteiger partial charge >= 0.3 is 5.97 Å². The average molecular weight is 254 g/mol. The Kier molecular flexibility index (Phi) is 4.58. The van der Waals surface area contributed by atoms with E-state index in [2.05, 4.69) is 10.8 Å².